The highest BCUT2D eigenvalue weighted by Crippen LogP contribution is 2.41. The number of aryl methyl sites for hydroxylation is 2. The van der Waals surface area contributed by atoms with Gasteiger partial charge in [0.25, 0.3) is 5.91 Å². The van der Waals surface area contributed by atoms with E-state index in [1.165, 1.54) is 0 Å². The van der Waals surface area contributed by atoms with E-state index >= 15 is 0 Å². The number of fused-ring (bicyclic) bond motifs is 1. The van der Waals surface area contributed by atoms with Crippen molar-refractivity contribution in [3.63, 3.8) is 0 Å². The summed E-state index contributed by atoms with van der Waals surface area (Å²) in [6, 6.07) is 4.15. The molecule has 0 aromatic carbocycles. The van der Waals surface area contributed by atoms with Gasteiger partial charge in [-0.1, -0.05) is 0 Å². The lowest BCUT2D eigenvalue weighted by molar-refractivity contribution is 0.0783. The molecule has 7 nitrogen and oxygen atoms in total. The van der Waals surface area contributed by atoms with Crippen LogP contribution in [0, 0.1) is 6.92 Å². The van der Waals surface area contributed by atoms with Crippen LogP contribution in [0.3, 0.4) is 0 Å². The Balaban J connectivity index is 1.77. The Morgan fingerprint density at radius 2 is 2.11 bits per heavy atom. The Bertz CT molecular complexity index is 1030. The SMILES string of the molecule is CCn1nccc1CN(C)C(=O)c1cc(C2CC2)nc2c1c(C)nn2C(C)C. The Kier molecular flexibility index (Phi) is 4.69. The fraction of sp³-hybridized carbons (Fsp3) is 0.524. The maximum absolute atomic E-state index is 13.4. The molecule has 1 amide bonds. The van der Waals surface area contributed by atoms with Crippen molar-refractivity contribution in [3.8, 4) is 0 Å². The van der Waals surface area contributed by atoms with Gasteiger partial charge in [-0.05, 0) is 52.7 Å². The third kappa shape index (κ3) is 3.19. The highest BCUT2D eigenvalue weighted by Gasteiger charge is 2.30. The average Bonchev–Trinajstić information content (AvgIpc) is 3.34. The van der Waals surface area contributed by atoms with Crippen LogP contribution in [0.15, 0.2) is 18.3 Å². The molecule has 0 bridgehead atoms. The van der Waals surface area contributed by atoms with Gasteiger partial charge >= 0.3 is 0 Å². The lowest BCUT2D eigenvalue weighted by Crippen LogP contribution is -2.28. The van der Waals surface area contributed by atoms with Gasteiger partial charge in [-0.15, -0.1) is 0 Å². The van der Waals surface area contributed by atoms with Crippen LogP contribution in [0.2, 0.25) is 0 Å². The number of hydrogen-bond donors (Lipinski definition) is 0. The van der Waals surface area contributed by atoms with Gasteiger partial charge < -0.3 is 4.90 Å². The third-order valence-corrected chi connectivity index (χ3v) is 5.42. The van der Waals surface area contributed by atoms with Crippen molar-refractivity contribution in [2.24, 2.45) is 0 Å². The molecule has 4 rings (SSSR count). The molecule has 0 unspecified atom stereocenters. The van der Waals surface area contributed by atoms with Gasteiger partial charge in [-0.25, -0.2) is 9.67 Å². The van der Waals surface area contributed by atoms with Gasteiger partial charge in [-0.3, -0.25) is 9.48 Å². The molecular formula is C21H28N6O. The highest BCUT2D eigenvalue weighted by molar-refractivity contribution is 6.06. The summed E-state index contributed by atoms with van der Waals surface area (Å²) in [5.41, 5.74) is 4.44. The molecule has 0 atom stereocenters. The fourth-order valence-corrected chi connectivity index (χ4v) is 3.75. The average molecular weight is 380 g/mol. The van der Waals surface area contributed by atoms with Crippen molar-refractivity contribution in [2.45, 2.75) is 65.6 Å². The van der Waals surface area contributed by atoms with E-state index in [0.29, 0.717) is 18.0 Å². The molecule has 0 aliphatic heterocycles. The predicted octanol–water partition coefficient (Wildman–Crippen LogP) is 3.69. The molecule has 1 aliphatic rings. The van der Waals surface area contributed by atoms with Crippen LogP contribution < -0.4 is 0 Å². The molecule has 1 saturated carbocycles. The van der Waals surface area contributed by atoms with Crippen molar-refractivity contribution in [3.05, 3.63) is 41.0 Å². The molecule has 0 radical (unpaired) electrons. The summed E-state index contributed by atoms with van der Waals surface area (Å²) in [5.74, 6) is 0.475. The number of nitrogens with zero attached hydrogens (tertiary/aromatic N) is 6. The first-order valence-electron chi connectivity index (χ1n) is 10.1. The van der Waals surface area contributed by atoms with Crippen molar-refractivity contribution in [1.29, 1.82) is 0 Å². The number of carbonyl (C=O) groups is 1. The van der Waals surface area contributed by atoms with E-state index in [1.807, 2.05) is 35.5 Å². The summed E-state index contributed by atoms with van der Waals surface area (Å²) in [6.45, 7) is 9.51. The van der Waals surface area contributed by atoms with Gasteiger partial charge in [0.1, 0.15) is 0 Å². The van der Waals surface area contributed by atoms with E-state index in [-0.39, 0.29) is 11.9 Å². The van der Waals surface area contributed by atoms with Crippen LogP contribution in [0.5, 0.6) is 0 Å². The number of hydrogen-bond acceptors (Lipinski definition) is 4. The monoisotopic (exact) mass is 380 g/mol. The Labute approximate surface area is 165 Å². The normalized spacial score (nSPS) is 14.2. The summed E-state index contributed by atoms with van der Waals surface area (Å²) in [4.78, 5) is 20.1. The lowest BCUT2D eigenvalue weighted by Gasteiger charge is -2.19. The summed E-state index contributed by atoms with van der Waals surface area (Å²) < 4.78 is 3.86. The summed E-state index contributed by atoms with van der Waals surface area (Å²) >= 11 is 0. The van der Waals surface area contributed by atoms with Crippen LogP contribution in [0.4, 0.5) is 0 Å². The largest absolute Gasteiger partial charge is 0.336 e. The maximum Gasteiger partial charge on any atom is 0.254 e. The summed E-state index contributed by atoms with van der Waals surface area (Å²) in [5, 5.41) is 9.87. The number of rotatable bonds is 6. The van der Waals surface area contributed by atoms with E-state index in [4.69, 9.17) is 4.98 Å². The van der Waals surface area contributed by atoms with Gasteiger partial charge in [0.05, 0.1) is 28.9 Å². The number of amides is 1. The quantitative estimate of drug-likeness (QED) is 0.654. The van der Waals surface area contributed by atoms with E-state index < -0.39 is 0 Å². The second-order valence-corrected chi connectivity index (χ2v) is 7.99. The zero-order valence-electron chi connectivity index (χ0n) is 17.3. The standard InChI is InChI=1S/C21H28N6O/c1-6-26-16(9-10-22-26)12-25(5)21(28)17-11-18(15-7-8-15)23-20-19(17)14(4)24-27(20)13(2)3/h9-11,13,15H,6-8,12H2,1-5H3. The van der Waals surface area contributed by atoms with Crippen molar-refractivity contribution < 1.29 is 4.79 Å². The second-order valence-electron chi connectivity index (χ2n) is 7.99. The van der Waals surface area contributed by atoms with Gasteiger partial charge in [0, 0.05) is 37.4 Å². The molecule has 3 aromatic rings. The van der Waals surface area contributed by atoms with E-state index in [1.54, 1.807) is 11.1 Å². The molecule has 7 heteroatoms. The van der Waals surface area contributed by atoms with E-state index in [0.717, 1.165) is 47.5 Å². The summed E-state index contributed by atoms with van der Waals surface area (Å²) in [7, 11) is 1.85. The summed E-state index contributed by atoms with van der Waals surface area (Å²) in [6.07, 6.45) is 4.07. The predicted molar refractivity (Wildman–Crippen MR) is 108 cm³/mol. The highest BCUT2D eigenvalue weighted by atomic mass is 16.2. The maximum atomic E-state index is 13.4. The van der Waals surface area contributed by atoms with Gasteiger partial charge in [0.15, 0.2) is 5.65 Å². The zero-order valence-corrected chi connectivity index (χ0v) is 17.3. The first kappa shape index (κ1) is 18.7. The molecule has 1 fully saturated rings. The Morgan fingerprint density at radius 3 is 2.75 bits per heavy atom. The second kappa shape index (κ2) is 7.04. The van der Waals surface area contributed by atoms with E-state index in [2.05, 4.69) is 31.0 Å². The first-order chi connectivity index (χ1) is 13.4. The third-order valence-electron chi connectivity index (χ3n) is 5.42. The molecule has 28 heavy (non-hydrogen) atoms. The van der Waals surface area contributed by atoms with Crippen molar-refractivity contribution in [2.75, 3.05) is 7.05 Å². The number of carbonyl (C=O) groups excluding carboxylic acids is 1. The van der Waals surface area contributed by atoms with Gasteiger partial charge in [0.2, 0.25) is 0 Å². The minimum Gasteiger partial charge on any atom is -0.336 e. The number of aromatic nitrogens is 5. The van der Waals surface area contributed by atoms with Crippen molar-refractivity contribution in [1.82, 2.24) is 29.4 Å². The zero-order chi connectivity index (χ0) is 20.0. The molecular weight excluding hydrogens is 352 g/mol. The fourth-order valence-electron chi connectivity index (χ4n) is 3.75. The molecule has 0 spiro atoms. The number of pyridine rings is 1. The van der Waals surface area contributed by atoms with Crippen LogP contribution in [0.1, 0.15) is 73.0 Å². The first-order valence-corrected chi connectivity index (χ1v) is 10.1. The van der Waals surface area contributed by atoms with Crippen molar-refractivity contribution >= 4 is 16.9 Å². The topological polar surface area (TPSA) is 68.8 Å². The van der Waals surface area contributed by atoms with Crippen LogP contribution in [-0.4, -0.2) is 42.4 Å². The molecule has 1 aliphatic carbocycles. The molecule has 0 saturated heterocycles. The lowest BCUT2D eigenvalue weighted by atomic mass is 10.1. The minimum absolute atomic E-state index is 0.00422. The van der Waals surface area contributed by atoms with E-state index in [9.17, 15) is 4.79 Å². The van der Waals surface area contributed by atoms with Crippen LogP contribution in [-0.2, 0) is 13.1 Å². The molecule has 0 N–H and O–H groups in total. The Hall–Kier alpha value is -2.70. The Morgan fingerprint density at radius 1 is 1.36 bits per heavy atom. The smallest absolute Gasteiger partial charge is 0.254 e. The molecule has 3 aromatic heterocycles. The van der Waals surface area contributed by atoms with Crippen LogP contribution in [0.25, 0.3) is 11.0 Å². The van der Waals surface area contributed by atoms with Crippen LogP contribution >= 0.6 is 0 Å². The minimum atomic E-state index is 0.00422. The molecule has 3 heterocycles. The van der Waals surface area contributed by atoms with Gasteiger partial charge in [-0.2, -0.15) is 10.2 Å². The molecule has 148 valence electrons.